The number of aromatic nitrogens is 1. The average molecular weight is 444 g/mol. The van der Waals surface area contributed by atoms with E-state index in [1.807, 2.05) is 0 Å². The lowest BCUT2D eigenvalue weighted by atomic mass is 9.87. The Morgan fingerprint density at radius 1 is 1.09 bits per heavy atom. The number of para-hydroxylation sites is 1. The van der Waals surface area contributed by atoms with Crippen molar-refractivity contribution >= 4 is 17.4 Å². The fourth-order valence-electron chi connectivity index (χ4n) is 3.56. The molecule has 164 valence electrons. The second-order valence-corrected chi connectivity index (χ2v) is 7.19. The molecule has 0 saturated heterocycles. The molecule has 32 heavy (non-hydrogen) atoms. The lowest BCUT2D eigenvalue weighted by molar-refractivity contribution is -0.137. The molecule has 4 rings (SSSR count). The molecular formula is C23H16F4N2O3. The summed E-state index contributed by atoms with van der Waals surface area (Å²) < 4.78 is 58.8. The first-order valence-corrected chi connectivity index (χ1v) is 9.60. The standard InChI is InChI=1S/C23H16F4N2O3/c24-17-4-2-10-28-21(17)16(13-6-8-14(9-7-13)23(25,26)27)11-19(30)15-3-1-5-18-22(15)32-12-20(31)29-18/h1-10,16H,11-12H2,(H,29,31)/t16-/m0/s1. The predicted molar refractivity (Wildman–Crippen MR) is 107 cm³/mol. The molecule has 1 aliphatic rings. The number of nitrogens with zero attached hydrogens (tertiary/aromatic N) is 1. The van der Waals surface area contributed by atoms with Gasteiger partial charge in [0.25, 0.3) is 5.91 Å². The van der Waals surface area contributed by atoms with Gasteiger partial charge in [0.15, 0.2) is 18.1 Å². The highest BCUT2D eigenvalue weighted by Gasteiger charge is 2.31. The monoisotopic (exact) mass is 444 g/mol. The molecule has 1 amide bonds. The zero-order chi connectivity index (χ0) is 22.9. The molecule has 0 spiro atoms. The van der Waals surface area contributed by atoms with Crippen molar-refractivity contribution in [1.82, 2.24) is 4.98 Å². The summed E-state index contributed by atoms with van der Waals surface area (Å²) in [5, 5.41) is 2.61. The van der Waals surface area contributed by atoms with Crippen LogP contribution in [0, 0.1) is 5.82 Å². The summed E-state index contributed by atoms with van der Waals surface area (Å²) in [4.78, 5) is 28.7. The van der Waals surface area contributed by atoms with Gasteiger partial charge in [-0.15, -0.1) is 0 Å². The molecule has 1 aromatic heterocycles. The zero-order valence-electron chi connectivity index (χ0n) is 16.4. The Labute approximate surface area is 180 Å². The topological polar surface area (TPSA) is 68.3 Å². The fraction of sp³-hybridized carbons (Fsp3) is 0.174. The highest BCUT2D eigenvalue weighted by Crippen LogP contribution is 2.37. The van der Waals surface area contributed by atoms with Gasteiger partial charge in [-0.05, 0) is 42.0 Å². The zero-order valence-corrected chi connectivity index (χ0v) is 16.4. The van der Waals surface area contributed by atoms with Crippen molar-refractivity contribution in [3.8, 4) is 5.75 Å². The summed E-state index contributed by atoms with van der Waals surface area (Å²) in [7, 11) is 0. The lowest BCUT2D eigenvalue weighted by Gasteiger charge is -2.22. The molecule has 0 bridgehead atoms. The molecule has 0 saturated carbocycles. The minimum atomic E-state index is -4.52. The molecule has 0 fully saturated rings. The van der Waals surface area contributed by atoms with Crippen LogP contribution in [0.3, 0.4) is 0 Å². The number of Topliss-reactive ketones (excluding diaryl/α,β-unsaturated/α-hetero) is 1. The minimum absolute atomic E-state index is 0.0559. The number of benzene rings is 2. The molecule has 1 atom stereocenters. The van der Waals surface area contributed by atoms with Crippen LogP contribution in [-0.2, 0) is 11.0 Å². The maximum absolute atomic E-state index is 14.5. The van der Waals surface area contributed by atoms with Gasteiger partial charge in [0, 0.05) is 18.5 Å². The second-order valence-electron chi connectivity index (χ2n) is 7.19. The van der Waals surface area contributed by atoms with E-state index in [1.54, 1.807) is 12.1 Å². The molecular weight excluding hydrogens is 428 g/mol. The average Bonchev–Trinajstić information content (AvgIpc) is 2.77. The first kappa shape index (κ1) is 21.5. The molecule has 2 aromatic carbocycles. The number of anilines is 1. The van der Waals surface area contributed by atoms with Crippen molar-refractivity contribution in [2.75, 3.05) is 11.9 Å². The number of hydrogen-bond acceptors (Lipinski definition) is 4. The van der Waals surface area contributed by atoms with Crippen molar-refractivity contribution in [2.45, 2.75) is 18.5 Å². The Morgan fingerprint density at radius 3 is 2.53 bits per heavy atom. The first-order chi connectivity index (χ1) is 15.2. The van der Waals surface area contributed by atoms with Gasteiger partial charge < -0.3 is 10.1 Å². The smallest absolute Gasteiger partial charge is 0.416 e. The van der Waals surface area contributed by atoms with Crippen molar-refractivity contribution in [1.29, 1.82) is 0 Å². The van der Waals surface area contributed by atoms with Crippen LogP contribution in [0.2, 0.25) is 0 Å². The number of nitrogens with one attached hydrogen (secondary N) is 1. The molecule has 1 aliphatic heterocycles. The number of rotatable bonds is 5. The number of amides is 1. The normalized spacial score (nSPS) is 14.2. The Kier molecular flexibility index (Phi) is 5.65. The number of hydrogen-bond donors (Lipinski definition) is 1. The highest BCUT2D eigenvalue weighted by atomic mass is 19.4. The van der Waals surface area contributed by atoms with Crippen molar-refractivity contribution in [2.24, 2.45) is 0 Å². The molecule has 0 radical (unpaired) electrons. The van der Waals surface area contributed by atoms with Gasteiger partial charge in [-0.1, -0.05) is 18.2 Å². The van der Waals surface area contributed by atoms with E-state index < -0.39 is 29.3 Å². The SMILES string of the molecule is O=C1COc2c(cccc2C(=O)C[C@@H](c2ccc(C(F)(F)F)cc2)c2ncccc2F)N1. The number of carbonyl (C=O) groups is 2. The Bertz CT molecular complexity index is 1180. The van der Waals surface area contributed by atoms with Crippen LogP contribution in [0.1, 0.15) is 39.5 Å². The predicted octanol–water partition coefficient (Wildman–Crippen LogP) is 4.98. The fourth-order valence-corrected chi connectivity index (χ4v) is 3.56. The van der Waals surface area contributed by atoms with Gasteiger partial charge in [-0.25, -0.2) is 4.39 Å². The number of halogens is 4. The van der Waals surface area contributed by atoms with Gasteiger partial charge >= 0.3 is 6.18 Å². The van der Waals surface area contributed by atoms with Crippen molar-refractivity contribution in [3.05, 3.63) is 89.0 Å². The summed E-state index contributed by atoms with van der Waals surface area (Å²) in [6.07, 6.45) is -3.44. The summed E-state index contributed by atoms with van der Waals surface area (Å²) in [5.41, 5.74) is -0.0883. The molecule has 2 heterocycles. The lowest BCUT2D eigenvalue weighted by Crippen LogP contribution is -2.26. The van der Waals surface area contributed by atoms with E-state index in [2.05, 4.69) is 10.3 Å². The number of fused-ring (bicyclic) bond motifs is 1. The Balaban J connectivity index is 1.71. The Morgan fingerprint density at radius 2 is 1.84 bits per heavy atom. The second kappa shape index (κ2) is 8.41. The Hall–Kier alpha value is -3.75. The number of alkyl halides is 3. The molecule has 9 heteroatoms. The van der Waals surface area contributed by atoms with Gasteiger partial charge in [0.2, 0.25) is 0 Å². The molecule has 3 aromatic rings. The number of pyridine rings is 1. The van der Waals surface area contributed by atoms with E-state index >= 15 is 0 Å². The number of ether oxygens (including phenoxy) is 1. The third-order valence-electron chi connectivity index (χ3n) is 5.08. The largest absolute Gasteiger partial charge is 0.481 e. The van der Waals surface area contributed by atoms with E-state index in [0.717, 1.165) is 12.1 Å². The summed E-state index contributed by atoms with van der Waals surface area (Å²) >= 11 is 0. The first-order valence-electron chi connectivity index (χ1n) is 9.60. The van der Waals surface area contributed by atoms with Crippen molar-refractivity contribution < 1.29 is 31.9 Å². The van der Waals surface area contributed by atoms with E-state index in [0.29, 0.717) is 11.3 Å². The van der Waals surface area contributed by atoms with Gasteiger partial charge in [-0.3, -0.25) is 14.6 Å². The van der Waals surface area contributed by atoms with Crippen LogP contribution in [0.4, 0.5) is 23.2 Å². The highest BCUT2D eigenvalue weighted by molar-refractivity contribution is 6.04. The van der Waals surface area contributed by atoms with Gasteiger partial charge in [0.1, 0.15) is 5.82 Å². The van der Waals surface area contributed by atoms with Crippen LogP contribution in [0.15, 0.2) is 60.8 Å². The van der Waals surface area contributed by atoms with E-state index in [4.69, 9.17) is 4.74 Å². The molecule has 1 N–H and O–H groups in total. The van der Waals surface area contributed by atoms with E-state index in [-0.39, 0.29) is 35.9 Å². The van der Waals surface area contributed by atoms with Crippen LogP contribution >= 0.6 is 0 Å². The molecule has 0 unspecified atom stereocenters. The molecule has 5 nitrogen and oxygen atoms in total. The van der Waals surface area contributed by atoms with E-state index in [9.17, 15) is 27.2 Å². The third-order valence-corrected chi connectivity index (χ3v) is 5.08. The summed E-state index contributed by atoms with van der Waals surface area (Å²) in [6.45, 7) is -0.255. The van der Waals surface area contributed by atoms with Gasteiger partial charge in [0.05, 0.1) is 22.5 Å². The quantitative estimate of drug-likeness (QED) is 0.446. The summed E-state index contributed by atoms with van der Waals surface area (Å²) in [6, 6.07) is 11.4. The maximum Gasteiger partial charge on any atom is 0.416 e. The maximum atomic E-state index is 14.5. The minimum Gasteiger partial charge on any atom is -0.481 e. The van der Waals surface area contributed by atoms with Crippen LogP contribution in [-0.4, -0.2) is 23.3 Å². The van der Waals surface area contributed by atoms with Crippen LogP contribution < -0.4 is 10.1 Å². The van der Waals surface area contributed by atoms with Crippen LogP contribution in [0.25, 0.3) is 0 Å². The third kappa shape index (κ3) is 4.32. The summed E-state index contributed by atoms with van der Waals surface area (Å²) in [5.74, 6) is -2.21. The van der Waals surface area contributed by atoms with Gasteiger partial charge in [-0.2, -0.15) is 13.2 Å². The number of ketones is 1. The molecule has 0 aliphatic carbocycles. The van der Waals surface area contributed by atoms with E-state index in [1.165, 1.54) is 36.5 Å². The van der Waals surface area contributed by atoms with Crippen molar-refractivity contribution in [3.63, 3.8) is 0 Å². The number of carbonyl (C=O) groups excluding carboxylic acids is 2. The van der Waals surface area contributed by atoms with Crippen LogP contribution in [0.5, 0.6) is 5.75 Å².